The second-order valence-electron chi connectivity index (χ2n) is 7.56. The predicted octanol–water partition coefficient (Wildman–Crippen LogP) is 3.23. The molecule has 2 aromatic carbocycles. The highest BCUT2D eigenvalue weighted by molar-refractivity contribution is 7.89. The van der Waals surface area contributed by atoms with Crippen LogP contribution >= 0.6 is 0 Å². The summed E-state index contributed by atoms with van der Waals surface area (Å²) in [5.74, 6) is -0.223. The highest BCUT2D eigenvalue weighted by atomic mass is 32.2. The van der Waals surface area contributed by atoms with E-state index in [-0.39, 0.29) is 17.2 Å². The van der Waals surface area contributed by atoms with Crippen LogP contribution in [0, 0.1) is 0 Å². The van der Waals surface area contributed by atoms with Crippen molar-refractivity contribution in [3.63, 3.8) is 0 Å². The molecule has 1 N–H and O–H groups in total. The number of carbonyl (C=O) groups is 2. The van der Waals surface area contributed by atoms with Gasteiger partial charge < -0.3 is 14.8 Å². The minimum Gasteiger partial charge on any atom is -0.496 e. The number of piperidine rings is 1. The summed E-state index contributed by atoms with van der Waals surface area (Å²) in [5.41, 5.74) is 1.46. The van der Waals surface area contributed by atoms with Gasteiger partial charge in [0.2, 0.25) is 15.9 Å². The average Bonchev–Trinajstić information content (AvgIpc) is 2.82. The topological polar surface area (TPSA) is 102 Å². The summed E-state index contributed by atoms with van der Waals surface area (Å²) in [5, 5.41) is 2.75. The Balaban J connectivity index is 1.70. The van der Waals surface area contributed by atoms with Crippen molar-refractivity contribution in [3.05, 3.63) is 53.6 Å². The molecule has 0 unspecified atom stereocenters. The van der Waals surface area contributed by atoms with Crippen molar-refractivity contribution in [2.24, 2.45) is 0 Å². The molecule has 1 aliphatic heterocycles. The maximum Gasteiger partial charge on any atom is 0.337 e. The van der Waals surface area contributed by atoms with Crippen molar-refractivity contribution in [3.8, 4) is 5.75 Å². The van der Waals surface area contributed by atoms with Crippen LogP contribution in [0.15, 0.2) is 47.4 Å². The molecule has 1 fully saturated rings. The summed E-state index contributed by atoms with van der Waals surface area (Å²) in [7, 11) is -0.776. The molecular weight excluding hydrogens is 432 g/mol. The first-order valence-corrected chi connectivity index (χ1v) is 11.9. The molecule has 32 heavy (non-hydrogen) atoms. The zero-order valence-corrected chi connectivity index (χ0v) is 19.1. The Bertz CT molecular complexity index is 1080. The summed E-state index contributed by atoms with van der Waals surface area (Å²) in [6.45, 7) is 1.05. The van der Waals surface area contributed by atoms with Crippen LogP contribution in [0.3, 0.4) is 0 Å². The van der Waals surface area contributed by atoms with E-state index in [1.165, 1.54) is 24.6 Å². The third-order valence-corrected chi connectivity index (χ3v) is 7.29. The molecule has 3 rings (SSSR count). The van der Waals surface area contributed by atoms with Gasteiger partial charge in [-0.25, -0.2) is 13.2 Å². The minimum absolute atomic E-state index is 0.117. The van der Waals surface area contributed by atoms with Crippen LogP contribution in [0.4, 0.5) is 5.69 Å². The Morgan fingerprint density at radius 1 is 1.03 bits per heavy atom. The number of amides is 1. The number of aryl methyl sites for hydroxylation is 1. The second-order valence-corrected chi connectivity index (χ2v) is 9.50. The van der Waals surface area contributed by atoms with E-state index in [0.29, 0.717) is 42.1 Å². The van der Waals surface area contributed by atoms with Crippen LogP contribution in [0.2, 0.25) is 0 Å². The zero-order valence-electron chi connectivity index (χ0n) is 18.3. The van der Waals surface area contributed by atoms with Crippen molar-refractivity contribution in [2.75, 3.05) is 32.6 Å². The molecule has 9 heteroatoms. The molecule has 0 bridgehead atoms. The van der Waals surface area contributed by atoms with Crippen molar-refractivity contribution in [1.82, 2.24) is 4.31 Å². The number of methoxy groups -OCH3 is 2. The van der Waals surface area contributed by atoms with Gasteiger partial charge in [-0.15, -0.1) is 0 Å². The average molecular weight is 461 g/mol. The molecule has 172 valence electrons. The molecule has 0 radical (unpaired) electrons. The molecule has 0 spiro atoms. The SMILES string of the molecule is COC(=O)c1cccc(NC(=O)CCc2cc(S(=O)(=O)N3CCCCC3)ccc2OC)c1. The lowest BCUT2D eigenvalue weighted by Crippen LogP contribution is -2.35. The highest BCUT2D eigenvalue weighted by Gasteiger charge is 2.26. The van der Waals surface area contributed by atoms with Crippen molar-refractivity contribution < 1.29 is 27.5 Å². The molecule has 0 aromatic heterocycles. The first-order chi connectivity index (χ1) is 15.3. The Morgan fingerprint density at radius 2 is 1.78 bits per heavy atom. The van der Waals surface area contributed by atoms with Gasteiger partial charge in [0.1, 0.15) is 5.75 Å². The second kappa shape index (κ2) is 10.6. The molecule has 0 saturated carbocycles. The quantitative estimate of drug-likeness (QED) is 0.607. The first kappa shape index (κ1) is 23.7. The van der Waals surface area contributed by atoms with E-state index in [1.54, 1.807) is 36.4 Å². The van der Waals surface area contributed by atoms with Gasteiger partial charge in [0, 0.05) is 25.2 Å². The van der Waals surface area contributed by atoms with E-state index in [1.807, 2.05) is 0 Å². The number of anilines is 1. The van der Waals surface area contributed by atoms with Crippen LogP contribution in [0.25, 0.3) is 0 Å². The molecule has 0 aliphatic carbocycles. The van der Waals surface area contributed by atoms with Crippen molar-refractivity contribution in [2.45, 2.75) is 37.0 Å². The van der Waals surface area contributed by atoms with E-state index in [9.17, 15) is 18.0 Å². The van der Waals surface area contributed by atoms with Gasteiger partial charge in [0.05, 0.1) is 24.7 Å². The lowest BCUT2D eigenvalue weighted by molar-refractivity contribution is -0.116. The highest BCUT2D eigenvalue weighted by Crippen LogP contribution is 2.27. The van der Waals surface area contributed by atoms with E-state index in [4.69, 9.17) is 9.47 Å². The number of benzene rings is 2. The Morgan fingerprint density at radius 3 is 2.47 bits per heavy atom. The number of nitrogens with zero attached hydrogens (tertiary/aromatic N) is 1. The van der Waals surface area contributed by atoms with Crippen molar-refractivity contribution >= 4 is 27.6 Å². The molecule has 1 heterocycles. The van der Waals surface area contributed by atoms with E-state index in [0.717, 1.165) is 19.3 Å². The molecule has 2 aromatic rings. The summed E-state index contributed by atoms with van der Waals surface area (Å²) < 4.78 is 37.6. The molecule has 1 amide bonds. The number of carbonyl (C=O) groups excluding carboxylic acids is 2. The molecule has 1 saturated heterocycles. The lowest BCUT2D eigenvalue weighted by Gasteiger charge is -2.26. The fraction of sp³-hybridized carbons (Fsp3) is 0.391. The van der Waals surface area contributed by atoms with Gasteiger partial charge in [-0.1, -0.05) is 12.5 Å². The van der Waals surface area contributed by atoms with E-state index >= 15 is 0 Å². The maximum atomic E-state index is 13.0. The number of rotatable bonds is 8. The summed E-state index contributed by atoms with van der Waals surface area (Å²) in [4.78, 5) is 24.3. The largest absolute Gasteiger partial charge is 0.496 e. The monoisotopic (exact) mass is 460 g/mol. The maximum absolute atomic E-state index is 13.0. The molecule has 1 aliphatic rings. The van der Waals surface area contributed by atoms with Crippen LogP contribution in [0.1, 0.15) is 41.6 Å². The predicted molar refractivity (Wildman–Crippen MR) is 120 cm³/mol. The van der Waals surface area contributed by atoms with Gasteiger partial charge in [0.25, 0.3) is 0 Å². The third-order valence-electron chi connectivity index (χ3n) is 5.39. The fourth-order valence-corrected chi connectivity index (χ4v) is 5.25. The number of hydrogen-bond acceptors (Lipinski definition) is 6. The number of sulfonamides is 1. The van der Waals surface area contributed by atoms with Gasteiger partial charge in [-0.3, -0.25) is 4.79 Å². The van der Waals surface area contributed by atoms with Gasteiger partial charge in [-0.05, 0) is 61.2 Å². The molecular formula is C23H28N2O6S. The van der Waals surface area contributed by atoms with Crippen LogP contribution in [-0.2, 0) is 26.0 Å². The van der Waals surface area contributed by atoms with Gasteiger partial charge in [0.15, 0.2) is 0 Å². The number of esters is 1. The van der Waals surface area contributed by atoms with Crippen LogP contribution < -0.4 is 10.1 Å². The Hall–Kier alpha value is -2.91. The van der Waals surface area contributed by atoms with Crippen molar-refractivity contribution in [1.29, 1.82) is 0 Å². The fourth-order valence-electron chi connectivity index (χ4n) is 3.68. The molecule has 0 atom stereocenters. The van der Waals surface area contributed by atoms with Crippen LogP contribution in [0.5, 0.6) is 5.75 Å². The minimum atomic E-state index is -3.58. The lowest BCUT2D eigenvalue weighted by atomic mass is 10.1. The first-order valence-electron chi connectivity index (χ1n) is 10.5. The normalized spacial score (nSPS) is 14.6. The summed E-state index contributed by atoms with van der Waals surface area (Å²) >= 11 is 0. The summed E-state index contributed by atoms with van der Waals surface area (Å²) in [6, 6.07) is 11.2. The van der Waals surface area contributed by atoms with E-state index in [2.05, 4.69) is 5.32 Å². The smallest absolute Gasteiger partial charge is 0.337 e. The third kappa shape index (κ3) is 5.66. The number of hydrogen-bond donors (Lipinski definition) is 1. The molecule has 8 nitrogen and oxygen atoms in total. The zero-order chi connectivity index (χ0) is 23.1. The Kier molecular flexibility index (Phi) is 7.87. The van der Waals surface area contributed by atoms with Crippen LogP contribution in [-0.4, -0.2) is 51.9 Å². The number of nitrogens with one attached hydrogen (secondary N) is 1. The standard InChI is InChI=1S/C23H28N2O6S/c1-30-21-11-10-20(32(28,29)25-13-4-3-5-14-25)16-17(21)9-12-22(26)24-19-8-6-7-18(15-19)23(27)31-2/h6-8,10-11,15-16H,3-5,9,12-14H2,1-2H3,(H,24,26). The Labute approximate surface area is 188 Å². The van der Waals surface area contributed by atoms with E-state index < -0.39 is 16.0 Å². The van der Waals surface area contributed by atoms with Gasteiger partial charge in [-0.2, -0.15) is 4.31 Å². The number of ether oxygens (including phenoxy) is 2. The summed E-state index contributed by atoms with van der Waals surface area (Å²) in [6.07, 6.45) is 3.18. The van der Waals surface area contributed by atoms with Gasteiger partial charge >= 0.3 is 5.97 Å².